The molecule has 0 bridgehead atoms. The predicted octanol–water partition coefficient (Wildman–Crippen LogP) is 1.80. The second-order valence-corrected chi connectivity index (χ2v) is 6.44. The normalized spacial score (nSPS) is 16.5. The Morgan fingerprint density at radius 2 is 2.15 bits per heavy atom. The molecule has 0 radical (unpaired) electrons. The summed E-state index contributed by atoms with van der Waals surface area (Å²) in [5.74, 6) is 0.0238. The molecule has 7 heteroatoms. The molecule has 2 aromatic rings. The average molecular weight is 353 g/mol. The lowest BCUT2D eigenvalue weighted by molar-refractivity contribution is -0.129. The van der Waals surface area contributed by atoms with Crippen LogP contribution in [0.1, 0.15) is 49.2 Å². The summed E-state index contributed by atoms with van der Waals surface area (Å²) in [6, 6.07) is 3.81. The Balaban J connectivity index is 1.54. The highest BCUT2D eigenvalue weighted by Crippen LogP contribution is 2.30. The smallest absolute Gasteiger partial charge is 0.220 e. The topological polar surface area (TPSA) is 88.1 Å². The molecule has 1 N–H and O–H groups in total. The van der Waals surface area contributed by atoms with Crippen LogP contribution in [0.3, 0.4) is 0 Å². The zero-order valence-electron chi connectivity index (χ0n) is 14.9. The zero-order chi connectivity index (χ0) is 18.4. The van der Waals surface area contributed by atoms with Gasteiger partial charge in [0.25, 0.3) is 0 Å². The van der Waals surface area contributed by atoms with Crippen LogP contribution in [0.15, 0.2) is 36.9 Å². The summed E-state index contributed by atoms with van der Waals surface area (Å²) in [5, 5.41) is 2.88. The molecule has 3 rings (SSSR count). The minimum Gasteiger partial charge on any atom is -0.350 e. The molecule has 2 aromatic heterocycles. The molecule has 1 fully saturated rings. The summed E-state index contributed by atoms with van der Waals surface area (Å²) >= 11 is 0. The number of hydrogen-bond acceptors (Lipinski definition) is 5. The van der Waals surface area contributed by atoms with E-state index in [9.17, 15) is 9.59 Å². The van der Waals surface area contributed by atoms with Gasteiger partial charge in [0.05, 0.1) is 36.4 Å². The van der Waals surface area contributed by atoms with Crippen molar-refractivity contribution in [1.82, 2.24) is 25.2 Å². The number of amides is 2. The third kappa shape index (κ3) is 4.62. The van der Waals surface area contributed by atoms with Gasteiger partial charge in [0.15, 0.2) is 0 Å². The Labute approximate surface area is 152 Å². The number of nitrogens with one attached hydrogen (secondary N) is 1. The molecule has 0 aromatic carbocycles. The van der Waals surface area contributed by atoms with Crippen molar-refractivity contribution in [2.24, 2.45) is 0 Å². The fourth-order valence-electron chi connectivity index (χ4n) is 3.20. The van der Waals surface area contributed by atoms with Crippen molar-refractivity contribution < 1.29 is 9.59 Å². The van der Waals surface area contributed by atoms with Gasteiger partial charge in [0, 0.05) is 32.3 Å². The van der Waals surface area contributed by atoms with Crippen molar-refractivity contribution in [3.8, 4) is 0 Å². The van der Waals surface area contributed by atoms with Crippen molar-refractivity contribution in [2.45, 2.75) is 45.2 Å². The van der Waals surface area contributed by atoms with E-state index >= 15 is 0 Å². The first-order chi connectivity index (χ1) is 12.6. The summed E-state index contributed by atoms with van der Waals surface area (Å²) < 4.78 is 0. The van der Waals surface area contributed by atoms with E-state index in [1.807, 2.05) is 17.0 Å². The highest BCUT2D eigenvalue weighted by Gasteiger charge is 2.29. The lowest BCUT2D eigenvalue weighted by Gasteiger charge is -2.22. The molecule has 136 valence electrons. The first-order valence-electron chi connectivity index (χ1n) is 8.87. The average Bonchev–Trinajstić information content (AvgIpc) is 3.16. The molecule has 1 aliphatic rings. The first kappa shape index (κ1) is 18.0. The third-order valence-electron chi connectivity index (χ3n) is 4.53. The number of pyridine rings is 1. The Morgan fingerprint density at radius 3 is 2.92 bits per heavy atom. The van der Waals surface area contributed by atoms with Crippen LogP contribution in [0.2, 0.25) is 0 Å². The van der Waals surface area contributed by atoms with Crippen LogP contribution in [0.4, 0.5) is 0 Å². The van der Waals surface area contributed by atoms with Gasteiger partial charge in [-0.25, -0.2) is 0 Å². The summed E-state index contributed by atoms with van der Waals surface area (Å²) in [4.78, 5) is 38.5. The fraction of sp³-hybridized carbons (Fsp3) is 0.421. The number of likely N-dealkylation sites (tertiary alicyclic amines) is 1. The Hall–Kier alpha value is -2.83. The maximum absolute atomic E-state index is 12.0. The molecule has 26 heavy (non-hydrogen) atoms. The quantitative estimate of drug-likeness (QED) is 0.855. The molecule has 0 spiro atoms. The maximum Gasteiger partial charge on any atom is 0.220 e. The van der Waals surface area contributed by atoms with E-state index in [1.54, 1.807) is 31.7 Å². The molecule has 2 amide bonds. The van der Waals surface area contributed by atoms with Crippen LogP contribution in [-0.2, 0) is 22.6 Å². The highest BCUT2D eigenvalue weighted by molar-refractivity contribution is 5.76. The second kappa shape index (κ2) is 8.51. The van der Waals surface area contributed by atoms with E-state index in [0.29, 0.717) is 25.1 Å². The van der Waals surface area contributed by atoms with Crippen LogP contribution in [0, 0.1) is 0 Å². The Kier molecular flexibility index (Phi) is 5.88. The number of nitrogens with zero attached hydrogens (tertiary/aromatic N) is 4. The molecule has 1 saturated heterocycles. The first-order valence-corrected chi connectivity index (χ1v) is 8.87. The van der Waals surface area contributed by atoms with E-state index in [0.717, 1.165) is 30.6 Å². The van der Waals surface area contributed by atoms with Gasteiger partial charge in [0.2, 0.25) is 11.8 Å². The van der Waals surface area contributed by atoms with Gasteiger partial charge in [-0.05, 0) is 30.9 Å². The van der Waals surface area contributed by atoms with E-state index in [1.165, 1.54) is 0 Å². The Morgan fingerprint density at radius 1 is 1.27 bits per heavy atom. The Bertz CT molecular complexity index is 766. The van der Waals surface area contributed by atoms with Gasteiger partial charge in [-0.3, -0.25) is 24.5 Å². The number of aromatic nitrogens is 3. The lowest BCUT2D eigenvalue weighted by Crippen LogP contribution is -2.29. The van der Waals surface area contributed by atoms with Gasteiger partial charge in [-0.2, -0.15) is 0 Å². The predicted molar refractivity (Wildman–Crippen MR) is 95.8 cm³/mol. The highest BCUT2D eigenvalue weighted by atomic mass is 16.2. The van der Waals surface area contributed by atoms with Crippen molar-refractivity contribution in [2.75, 3.05) is 6.54 Å². The molecule has 1 aliphatic heterocycles. The molecule has 7 nitrogen and oxygen atoms in total. The van der Waals surface area contributed by atoms with E-state index < -0.39 is 0 Å². The summed E-state index contributed by atoms with van der Waals surface area (Å²) in [5.41, 5.74) is 2.53. The molecule has 0 saturated carbocycles. The fourth-order valence-corrected chi connectivity index (χ4v) is 3.20. The molecular formula is C19H23N5O2. The van der Waals surface area contributed by atoms with E-state index in [-0.39, 0.29) is 17.9 Å². The summed E-state index contributed by atoms with van der Waals surface area (Å²) in [6.07, 6.45) is 9.77. The van der Waals surface area contributed by atoms with Crippen molar-refractivity contribution in [3.63, 3.8) is 0 Å². The number of carbonyl (C=O) groups is 2. The second-order valence-electron chi connectivity index (χ2n) is 6.44. The minimum atomic E-state index is -0.0349. The molecule has 0 aliphatic carbocycles. The monoisotopic (exact) mass is 353 g/mol. The van der Waals surface area contributed by atoms with Crippen molar-refractivity contribution >= 4 is 11.8 Å². The number of aryl methyl sites for hydroxylation is 1. The standard InChI is InChI=1S/C19H23N5O2/c1-14(25)24-9-3-5-18(24)17-13-21-11-16(23-17)12-22-19(26)7-6-15-4-2-8-20-10-15/h2,4,8,10-11,13,18H,3,5-7,9,12H2,1H3,(H,22,26)/t18-/m1/s1. The number of carbonyl (C=O) groups excluding carboxylic acids is 2. The molecule has 1 atom stereocenters. The van der Waals surface area contributed by atoms with Crippen LogP contribution in [0.25, 0.3) is 0 Å². The number of rotatable bonds is 6. The SMILES string of the molecule is CC(=O)N1CCC[C@@H]1c1cncc(CNC(=O)CCc2cccnc2)n1. The summed E-state index contributed by atoms with van der Waals surface area (Å²) in [7, 11) is 0. The van der Waals surface area contributed by atoms with Crippen molar-refractivity contribution in [3.05, 3.63) is 53.9 Å². The van der Waals surface area contributed by atoms with Gasteiger partial charge in [0.1, 0.15) is 0 Å². The van der Waals surface area contributed by atoms with Crippen LogP contribution in [-0.4, -0.2) is 38.2 Å². The van der Waals surface area contributed by atoms with Crippen LogP contribution < -0.4 is 5.32 Å². The summed E-state index contributed by atoms with van der Waals surface area (Å²) in [6.45, 7) is 2.68. The van der Waals surface area contributed by atoms with Gasteiger partial charge in [-0.15, -0.1) is 0 Å². The van der Waals surface area contributed by atoms with Crippen LogP contribution >= 0.6 is 0 Å². The third-order valence-corrected chi connectivity index (χ3v) is 4.53. The van der Waals surface area contributed by atoms with Gasteiger partial charge >= 0.3 is 0 Å². The number of hydrogen-bond donors (Lipinski definition) is 1. The molecule has 3 heterocycles. The minimum absolute atomic E-state index is 0.0127. The van der Waals surface area contributed by atoms with Gasteiger partial charge in [-0.1, -0.05) is 6.07 Å². The largest absolute Gasteiger partial charge is 0.350 e. The van der Waals surface area contributed by atoms with Crippen molar-refractivity contribution in [1.29, 1.82) is 0 Å². The lowest BCUT2D eigenvalue weighted by atomic mass is 10.1. The van der Waals surface area contributed by atoms with E-state index in [2.05, 4.69) is 20.3 Å². The van der Waals surface area contributed by atoms with E-state index in [4.69, 9.17) is 0 Å². The maximum atomic E-state index is 12.0. The molecule has 0 unspecified atom stereocenters. The van der Waals surface area contributed by atoms with Crippen LogP contribution in [0.5, 0.6) is 0 Å². The zero-order valence-corrected chi connectivity index (χ0v) is 14.9. The van der Waals surface area contributed by atoms with Gasteiger partial charge < -0.3 is 10.2 Å². The molecular weight excluding hydrogens is 330 g/mol.